The molecule has 0 heterocycles. The smallest absolute Gasteiger partial charge is 0.333 e. The van der Waals surface area contributed by atoms with Crippen molar-refractivity contribution in [2.75, 3.05) is 20.3 Å². The van der Waals surface area contributed by atoms with Crippen molar-refractivity contribution < 1.29 is 24.5 Å². The number of amides is 1. The average Bonchev–Trinajstić information content (AvgIpc) is 2.41. The summed E-state index contributed by atoms with van der Waals surface area (Å²) in [6, 6.07) is 1.79. The van der Waals surface area contributed by atoms with E-state index in [0.29, 0.717) is 6.42 Å². The van der Waals surface area contributed by atoms with Gasteiger partial charge in [-0.05, 0) is 20.3 Å². The van der Waals surface area contributed by atoms with Crippen LogP contribution < -0.4 is 0 Å². The van der Waals surface area contributed by atoms with Crippen LogP contribution in [0.4, 0.5) is 0 Å². The normalized spacial score (nSPS) is 13.8. The summed E-state index contributed by atoms with van der Waals surface area (Å²) >= 11 is 0. The van der Waals surface area contributed by atoms with Crippen molar-refractivity contribution in [1.82, 2.24) is 4.90 Å². The average molecular weight is 312 g/mol. The van der Waals surface area contributed by atoms with Crippen LogP contribution in [0.25, 0.3) is 0 Å². The van der Waals surface area contributed by atoms with Crippen LogP contribution in [0.1, 0.15) is 33.1 Å². The number of hydrogen-bond donors (Lipinski definition) is 2. The Bertz CT molecular complexity index is 450. The summed E-state index contributed by atoms with van der Waals surface area (Å²) in [5, 5.41) is 28.1. The first kappa shape index (κ1) is 20.1. The van der Waals surface area contributed by atoms with Gasteiger partial charge in [-0.15, -0.1) is 6.58 Å². The molecule has 7 nitrogen and oxygen atoms in total. The molecule has 2 N–H and O–H groups in total. The van der Waals surface area contributed by atoms with Gasteiger partial charge in [0.15, 0.2) is 5.54 Å². The lowest BCUT2D eigenvalue weighted by Gasteiger charge is -2.37. The molecule has 7 heteroatoms. The van der Waals surface area contributed by atoms with E-state index in [-0.39, 0.29) is 19.6 Å². The molecule has 0 saturated heterocycles. The minimum absolute atomic E-state index is 0.103. The van der Waals surface area contributed by atoms with Gasteiger partial charge in [-0.3, -0.25) is 4.79 Å². The highest BCUT2D eigenvalue weighted by molar-refractivity contribution is 5.87. The number of nitrogens with zero attached hydrogens (tertiary/aromatic N) is 2. The molecule has 1 atom stereocenters. The molecule has 1 unspecified atom stereocenters. The molecule has 0 aromatic carbocycles. The van der Waals surface area contributed by atoms with E-state index in [1.165, 1.54) is 20.9 Å². The fraction of sp³-hybridized carbons (Fsp3) is 0.667. The van der Waals surface area contributed by atoms with Crippen LogP contribution in [0.15, 0.2) is 12.7 Å². The van der Waals surface area contributed by atoms with E-state index in [1.54, 1.807) is 12.1 Å². The van der Waals surface area contributed by atoms with Gasteiger partial charge in [0.25, 0.3) is 0 Å². The van der Waals surface area contributed by atoms with E-state index < -0.39 is 29.4 Å². The molecule has 0 aliphatic carbocycles. The Labute approximate surface area is 130 Å². The molecule has 0 spiro atoms. The number of nitriles is 1. The van der Waals surface area contributed by atoms with Crippen LogP contribution in [0.5, 0.6) is 0 Å². The zero-order chi connectivity index (χ0) is 17.4. The Balaban J connectivity index is 5.23. The second-order valence-corrected chi connectivity index (χ2v) is 5.76. The second-order valence-electron chi connectivity index (χ2n) is 5.76. The maximum absolute atomic E-state index is 12.1. The van der Waals surface area contributed by atoms with E-state index >= 15 is 0 Å². The lowest BCUT2D eigenvalue weighted by atomic mass is 9.94. The predicted octanol–water partition coefficient (Wildman–Crippen LogP) is 0.936. The van der Waals surface area contributed by atoms with Crippen molar-refractivity contribution in [3.63, 3.8) is 0 Å². The highest BCUT2D eigenvalue weighted by atomic mass is 16.5. The molecular weight excluding hydrogens is 288 g/mol. The van der Waals surface area contributed by atoms with Gasteiger partial charge in [-0.25, -0.2) is 4.79 Å². The Morgan fingerprint density at radius 3 is 2.41 bits per heavy atom. The number of allylic oxidation sites excluding steroid dienone is 1. The summed E-state index contributed by atoms with van der Waals surface area (Å²) < 4.78 is 5.26. The number of hydrogen-bond acceptors (Lipinski definition) is 5. The Morgan fingerprint density at radius 2 is 2.00 bits per heavy atom. The SMILES string of the molecule is C=CCCC(=O)N(C)C(CC#N)(COCC(C)(C)O)C(=O)O. The summed E-state index contributed by atoms with van der Waals surface area (Å²) in [5.41, 5.74) is -2.92. The fourth-order valence-corrected chi connectivity index (χ4v) is 1.78. The highest BCUT2D eigenvalue weighted by Crippen LogP contribution is 2.22. The van der Waals surface area contributed by atoms with Crippen molar-refractivity contribution in [1.29, 1.82) is 5.26 Å². The largest absolute Gasteiger partial charge is 0.479 e. The molecule has 0 aliphatic heterocycles. The van der Waals surface area contributed by atoms with Gasteiger partial charge in [0.1, 0.15) is 0 Å². The molecule has 0 aliphatic rings. The summed E-state index contributed by atoms with van der Waals surface area (Å²) in [6.45, 7) is 6.05. The number of likely N-dealkylation sites (N-methyl/N-ethyl adjacent to an activating group) is 1. The molecule has 0 saturated carbocycles. The molecule has 124 valence electrons. The summed E-state index contributed by atoms with van der Waals surface area (Å²) in [4.78, 5) is 24.8. The van der Waals surface area contributed by atoms with Crippen LogP contribution in [0.2, 0.25) is 0 Å². The maximum atomic E-state index is 12.1. The quantitative estimate of drug-likeness (QED) is 0.581. The van der Waals surface area contributed by atoms with E-state index in [2.05, 4.69) is 6.58 Å². The van der Waals surface area contributed by atoms with Crippen molar-refractivity contribution in [3.05, 3.63) is 12.7 Å². The lowest BCUT2D eigenvalue weighted by molar-refractivity contribution is -0.164. The Morgan fingerprint density at radius 1 is 1.41 bits per heavy atom. The summed E-state index contributed by atoms with van der Waals surface area (Å²) in [5.74, 6) is -1.73. The van der Waals surface area contributed by atoms with Crippen LogP contribution in [-0.4, -0.2) is 58.4 Å². The number of carbonyl (C=O) groups is 2. The van der Waals surface area contributed by atoms with Gasteiger partial charge in [0.2, 0.25) is 5.91 Å². The minimum atomic E-state index is -1.78. The first-order valence-electron chi connectivity index (χ1n) is 6.89. The van der Waals surface area contributed by atoms with E-state index in [4.69, 9.17) is 10.00 Å². The maximum Gasteiger partial charge on any atom is 0.333 e. The molecule has 1 amide bonds. The zero-order valence-corrected chi connectivity index (χ0v) is 13.3. The number of ether oxygens (including phenoxy) is 1. The minimum Gasteiger partial charge on any atom is -0.479 e. The Kier molecular flexibility index (Phi) is 7.77. The van der Waals surface area contributed by atoms with Crippen LogP contribution in [-0.2, 0) is 14.3 Å². The third kappa shape index (κ3) is 5.84. The van der Waals surface area contributed by atoms with Crippen LogP contribution in [0.3, 0.4) is 0 Å². The molecule has 0 rings (SSSR count). The number of carbonyl (C=O) groups excluding carboxylic acids is 1. The van der Waals surface area contributed by atoms with Gasteiger partial charge < -0.3 is 19.8 Å². The molecule has 0 radical (unpaired) electrons. The number of rotatable bonds is 10. The van der Waals surface area contributed by atoms with Crippen molar-refractivity contribution >= 4 is 11.9 Å². The topological polar surface area (TPSA) is 111 Å². The molecule has 0 bridgehead atoms. The molecule has 22 heavy (non-hydrogen) atoms. The number of aliphatic carboxylic acids is 1. The zero-order valence-electron chi connectivity index (χ0n) is 13.3. The van der Waals surface area contributed by atoms with Crippen LogP contribution in [0, 0.1) is 11.3 Å². The van der Waals surface area contributed by atoms with Crippen molar-refractivity contribution in [2.45, 2.75) is 44.2 Å². The lowest BCUT2D eigenvalue weighted by Crippen LogP contribution is -2.58. The van der Waals surface area contributed by atoms with E-state index in [1.807, 2.05) is 0 Å². The second kappa shape index (κ2) is 8.51. The monoisotopic (exact) mass is 312 g/mol. The van der Waals surface area contributed by atoms with Crippen molar-refractivity contribution in [2.24, 2.45) is 0 Å². The third-order valence-corrected chi connectivity index (χ3v) is 3.14. The van der Waals surface area contributed by atoms with E-state index in [0.717, 1.165) is 4.90 Å². The highest BCUT2D eigenvalue weighted by Gasteiger charge is 2.45. The van der Waals surface area contributed by atoms with Gasteiger partial charge >= 0.3 is 5.97 Å². The predicted molar refractivity (Wildman–Crippen MR) is 79.9 cm³/mol. The van der Waals surface area contributed by atoms with Gasteiger partial charge in [-0.1, -0.05) is 6.08 Å². The van der Waals surface area contributed by atoms with Crippen LogP contribution >= 0.6 is 0 Å². The summed E-state index contributed by atoms with van der Waals surface area (Å²) in [6.07, 6.45) is 1.66. The number of carboxylic acid groups (broad SMARTS) is 1. The first-order chi connectivity index (χ1) is 10.1. The van der Waals surface area contributed by atoms with Gasteiger partial charge in [0, 0.05) is 13.5 Å². The van der Waals surface area contributed by atoms with Gasteiger partial charge in [-0.2, -0.15) is 5.26 Å². The van der Waals surface area contributed by atoms with E-state index in [9.17, 15) is 19.8 Å². The third-order valence-electron chi connectivity index (χ3n) is 3.14. The number of carboxylic acids is 1. The standard InChI is InChI=1S/C15H24N2O5/c1-5-6-7-12(18)17(4)15(8-9-16,13(19)20)11-22-10-14(2,3)21/h5,21H,1,6-8,10-11H2,2-4H3,(H,19,20). The molecule has 0 aromatic heterocycles. The number of aliphatic hydroxyl groups is 1. The first-order valence-corrected chi connectivity index (χ1v) is 6.89. The summed E-state index contributed by atoms with van der Waals surface area (Å²) in [7, 11) is 1.34. The van der Waals surface area contributed by atoms with Crippen molar-refractivity contribution in [3.8, 4) is 6.07 Å². The molecular formula is C15H24N2O5. The molecule has 0 aromatic rings. The van der Waals surface area contributed by atoms with Gasteiger partial charge in [0.05, 0.1) is 31.3 Å². The fourth-order valence-electron chi connectivity index (χ4n) is 1.78. The Hall–Kier alpha value is -1.91. The molecule has 0 fully saturated rings.